The van der Waals surface area contributed by atoms with Gasteiger partial charge in [-0.2, -0.15) is 4.31 Å². The van der Waals surface area contributed by atoms with Crippen LogP contribution in [-0.4, -0.2) is 53.8 Å². The van der Waals surface area contributed by atoms with E-state index in [1.807, 2.05) is 56.3 Å². The Morgan fingerprint density at radius 1 is 0.917 bits per heavy atom. The van der Waals surface area contributed by atoms with Gasteiger partial charge in [-0.15, -0.1) is 0 Å². The summed E-state index contributed by atoms with van der Waals surface area (Å²) in [5.74, 6) is 0.962. The Morgan fingerprint density at radius 3 is 2.36 bits per heavy atom. The van der Waals surface area contributed by atoms with Crippen molar-refractivity contribution in [1.29, 1.82) is 0 Å². The molecular formula is C27H28FN5O2S. The summed E-state index contributed by atoms with van der Waals surface area (Å²) in [6.07, 6.45) is 0. The van der Waals surface area contributed by atoms with Crippen molar-refractivity contribution >= 4 is 32.4 Å². The van der Waals surface area contributed by atoms with Crippen LogP contribution in [0.4, 0.5) is 15.9 Å². The molecule has 1 saturated heterocycles. The molecule has 1 aliphatic heterocycles. The number of halogens is 1. The minimum absolute atomic E-state index is 0.107. The zero-order valence-corrected chi connectivity index (χ0v) is 21.0. The lowest BCUT2D eigenvalue weighted by atomic mass is 10.1. The average Bonchev–Trinajstić information content (AvgIpc) is 2.88. The molecule has 0 amide bonds. The molecular weight excluding hydrogens is 477 g/mol. The van der Waals surface area contributed by atoms with Crippen molar-refractivity contribution in [2.75, 3.05) is 31.5 Å². The summed E-state index contributed by atoms with van der Waals surface area (Å²) in [4.78, 5) is 12.0. The molecule has 2 heterocycles. The monoisotopic (exact) mass is 505 g/mol. The van der Waals surface area contributed by atoms with Gasteiger partial charge in [0, 0.05) is 37.3 Å². The van der Waals surface area contributed by atoms with E-state index in [1.165, 1.54) is 28.6 Å². The van der Waals surface area contributed by atoms with Crippen LogP contribution in [0.2, 0.25) is 0 Å². The summed E-state index contributed by atoms with van der Waals surface area (Å²) < 4.78 is 40.7. The van der Waals surface area contributed by atoms with Gasteiger partial charge in [-0.3, -0.25) is 4.90 Å². The largest absolute Gasteiger partial charge is 0.340 e. The van der Waals surface area contributed by atoms with Crippen molar-refractivity contribution in [3.05, 3.63) is 90.0 Å². The van der Waals surface area contributed by atoms with Crippen LogP contribution in [-0.2, 0) is 10.0 Å². The predicted octanol–water partition coefficient (Wildman–Crippen LogP) is 4.89. The number of nitrogens with one attached hydrogen (secondary N) is 1. The second kappa shape index (κ2) is 9.93. The standard InChI is InChI=1S/C27H28FN5O2S/c1-19-6-5-7-22(18-19)29-27-24-8-3-4-9-25(24)30-26(31-27)20(2)32-14-16-33(17-15-32)36(34,35)23-12-10-21(28)11-13-23/h3-13,18,20H,14-17H2,1-2H3,(H,29,30,31)/t20-/m1/s1. The highest BCUT2D eigenvalue weighted by molar-refractivity contribution is 7.89. The van der Waals surface area contributed by atoms with Gasteiger partial charge in [0.15, 0.2) is 0 Å². The van der Waals surface area contributed by atoms with Crippen LogP contribution in [0.15, 0.2) is 77.7 Å². The molecule has 1 fully saturated rings. The molecule has 0 bridgehead atoms. The smallest absolute Gasteiger partial charge is 0.243 e. The Bertz CT molecular complexity index is 1490. The third kappa shape index (κ3) is 4.95. The first-order valence-electron chi connectivity index (χ1n) is 11.9. The third-order valence-corrected chi connectivity index (χ3v) is 8.46. The third-order valence-electron chi connectivity index (χ3n) is 6.55. The van der Waals surface area contributed by atoms with E-state index in [2.05, 4.69) is 16.3 Å². The van der Waals surface area contributed by atoms with Gasteiger partial charge < -0.3 is 5.32 Å². The second-order valence-electron chi connectivity index (χ2n) is 9.01. The highest BCUT2D eigenvalue weighted by atomic mass is 32.2. The molecule has 0 saturated carbocycles. The summed E-state index contributed by atoms with van der Waals surface area (Å²) in [5.41, 5.74) is 2.96. The summed E-state index contributed by atoms with van der Waals surface area (Å²) in [6, 6.07) is 20.9. The lowest BCUT2D eigenvalue weighted by Crippen LogP contribution is -2.49. The molecule has 1 N–H and O–H groups in total. The molecule has 0 unspecified atom stereocenters. The maximum absolute atomic E-state index is 13.3. The fraction of sp³-hybridized carbons (Fsp3) is 0.259. The van der Waals surface area contributed by atoms with Crippen molar-refractivity contribution < 1.29 is 12.8 Å². The zero-order valence-electron chi connectivity index (χ0n) is 20.2. The van der Waals surface area contributed by atoms with Crippen LogP contribution < -0.4 is 5.32 Å². The number of sulfonamides is 1. The van der Waals surface area contributed by atoms with E-state index in [-0.39, 0.29) is 10.9 Å². The first-order chi connectivity index (χ1) is 17.3. The molecule has 36 heavy (non-hydrogen) atoms. The normalized spacial score (nSPS) is 16.2. The molecule has 4 aromatic rings. The van der Waals surface area contributed by atoms with Crippen molar-refractivity contribution in [3.8, 4) is 0 Å². The van der Waals surface area contributed by atoms with Gasteiger partial charge in [0.2, 0.25) is 10.0 Å². The van der Waals surface area contributed by atoms with Gasteiger partial charge in [-0.1, -0.05) is 24.3 Å². The van der Waals surface area contributed by atoms with Crippen LogP contribution in [0.25, 0.3) is 10.9 Å². The topological polar surface area (TPSA) is 78.4 Å². The molecule has 1 aromatic heterocycles. The Morgan fingerprint density at radius 2 is 1.64 bits per heavy atom. The van der Waals surface area contributed by atoms with E-state index >= 15 is 0 Å². The number of nitrogens with zero attached hydrogens (tertiary/aromatic N) is 4. The minimum Gasteiger partial charge on any atom is -0.340 e. The molecule has 1 atom stereocenters. The highest BCUT2D eigenvalue weighted by Crippen LogP contribution is 2.28. The van der Waals surface area contributed by atoms with Gasteiger partial charge >= 0.3 is 0 Å². The molecule has 5 rings (SSSR count). The minimum atomic E-state index is -3.67. The van der Waals surface area contributed by atoms with Crippen LogP contribution in [0.5, 0.6) is 0 Å². The summed E-state index contributed by atoms with van der Waals surface area (Å²) in [6.45, 7) is 5.85. The van der Waals surface area contributed by atoms with E-state index in [1.54, 1.807) is 0 Å². The fourth-order valence-electron chi connectivity index (χ4n) is 4.49. The number of piperazine rings is 1. The summed E-state index contributed by atoms with van der Waals surface area (Å²) >= 11 is 0. The molecule has 7 nitrogen and oxygen atoms in total. The molecule has 0 radical (unpaired) electrons. The summed E-state index contributed by atoms with van der Waals surface area (Å²) in [7, 11) is -3.67. The van der Waals surface area contributed by atoms with E-state index in [0.717, 1.165) is 28.0 Å². The van der Waals surface area contributed by atoms with Gasteiger partial charge in [0.05, 0.1) is 16.5 Å². The number of hydrogen-bond donors (Lipinski definition) is 1. The quantitative estimate of drug-likeness (QED) is 0.402. The number of para-hydroxylation sites is 1. The van der Waals surface area contributed by atoms with Gasteiger partial charge in [-0.05, 0) is 67.9 Å². The first kappa shape index (κ1) is 24.3. The van der Waals surface area contributed by atoms with Crippen LogP contribution in [0.3, 0.4) is 0 Å². The van der Waals surface area contributed by atoms with Gasteiger partial charge in [-0.25, -0.2) is 22.8 Å². The Kier molecular flexibility index (Phi) is 6.70. The van der Waals surface area contributed by atoms with E-state index in [9.17, 15) is 12.8 Å². The van der Waals surface area contributed by atoms with Crippen LogP contribution in [0.1, 0.15) is 24.4 Å². The summed E-state index contributed by atoms with van der Waals surface area (Å²) in [5, 5.41) is 4.39. The number of fused-ring (bicyclic) bond motifs is 1. The van der Waals surface area contributed by atoms with E-state index in [0.29, 0.717) is 32.0 Å². The first-order valence-corrected chi connectivity index (χ1v) is 13.4. The number of anilines is 2. The highest BCUT2D eigenvalue weighted by Gasteiger charge is 2.31. The van der Waals surface area contributed by atoms with Crippen molar-refractivity contribution in [3.63, 3.8) is 0 Å². The van der Waals surface area contributed by atoms with Crippen molar-refractivity contribution in [1.82, 2.24) is 19.2 Å². The van der Waals surface area contributed by atoms with Crippen LogP contribution in [0, 0.1) is 12.7 Å². The van der Waals surface area contributed by atoms with Crippen molar-refractivity contribution in [2.24, 2.45) is 0 Å². The average molecular weight is 506 g/mol. The molecule has 0 aliphatic carbocycles. The predicted molar refractivity (Wildman–Crippen MR) is 139 cm³/mol. The molecule has 0 spiro atoms. The van der Waals surface area contributed by atoms with Gasteiger partial charge in [0.1, 0.15) is 17.5 Å². The Labute approximate surface area is 210 Å². The van der Waals surface area contributed by atoms with Gasteiger partial charge in [0.25, 0.3) is 0 Å². The zero-order chi connectivity index (χ0) is 25.3. The van der Waals surface area contributed by atoms with E-state index < -0.39 is 15.8 Å². The fourth-order valence-corrected chi connectivity index (χ4v) is 5.91. The molecule has 3 aromatic carbocycles. The molecule has 186 valence electrons. The maximum atomic E-state index is 13.3. The number of aromatic nitrogens is 2. The van der Waals surface area contributed by atoms with Crippen molar-refractivity contribution in [2.45, 2.75) is 24.8 Å². The second-order valence-corrected chi connectivity index (χ2v) is 10.9. The SMILES string of the molecule is Cc1cccc(Nc2nc([C@@H](C)N3CCN(S(=O)(=O)c4ccc(F)cc4)CC3)nc3ccccc23)c1. The van der Waals surface area contributed by atoms with Crippen LogP contribution >= 0.6 is 0 Å². The molecule has 9 heteroatoms. The number of benzene rings is 3. The number of hydrogen-bond acceptors (Lipinski definition) is 6. The number of rotatable bonds is 6. The lowest BCUT2D eigenvalue weighted by molar-refractivity contribution is 0.141. The Balaban J connectivity index is 1.36. The Hall–Kier alpha value is -3.40. The maximum Gasteiger partial charge on any atom is 0.243 e. The number of aryl methyl sites for hydroxylation is 1. The molecule has 1 aliphatic rings. The van der Waals surface area contributed by atoms with E-state index in [4.69, 9.17) is 9.97 Å². The lowest BCUT2D eigenvalue weighted by Gasteiger charge is -2.36.